The van der Waals surface area contributed by atoms with Crippen LogP contribution in [0.4, 0.5) is 0 Å². The van der Waals surface area contributed by atoms with E-state index in [4.69, 9.17) is 5.11 Å². The van der Waals surface area contributed by atoms with Crippen molar-refractivity contribution in [2.24, 2.45) is 5.92 Å². The Labute approximate surface area is 108 Å². The lowest BCUT2D eigenvalue weighted by molar-refractivity contribution is -0.124. The van der Waals surface area contributed by atoms with Crippen LogP contribution in [-0.2, 0) is 4.79 Å². The van der Waals surface area contributed by atoms with Crippen molar-refractivity contribution in [2.75, 3.05) is 6.61 Å². The van der Waals surface area contributed by atoms with E-state index in [0.29, 0.717) is 12.3 Å². The SMILES string of the molecule is CC(C)(CCO)NC(=O)C1CC1c1ccccc1. The average Bonchev–Trinajstić information content (AvgIpc) is 3.09. The Kier molecular flexibility index (Phi) is 3.71. The Morgan fingerprint density at radius 2 is 2.06 bits per heavy atom. The van der Waals surface area contributed by atoms with Gasteiger partial charge in [0.1, 0.15) is 0 Å². The third kappa shape index (κ3) is 3.10. The number of hydrogen-bond acceptors (Lipinski definition) is 2. The molecule has 2 N–H and O–H groups in total. The third-order valence-electron chi connectivity index (χ3n) is 3.55. The van der Waals surface area contributed by atoms with Crippen molar-refractivity contribution in [3.63, 3.8) is 0 Å². The smallest absolute Gasteiger partial charge is 0.224 e. The van der Waals surface area contributed by atoms with Crippen molar-refractivity contribution >= 4 is 5.91 Å². The largest absolute Gasteiger partial charge is 0.396 e. The first kappa shape index (κ1) is 13.1. The summed E-state index contributed by atoms with van der Waals surface area (Å²) in [5, 5.41) is 12.0. The average molecular weight is 247 g/mol. The van der Waals surface area contributed by atoms with Gasteiger partial charge < -0.3 is 10.4 Å². The molecule has 0 heterocycles. The first-order valence-electron chi connectivity index (χ1n) is 6.51. The molecule has 3 heteroatoms. The molecule has 1 amide bonds. The zero-order valence-electron chi connectivity index (χ0n) is 11.0. The van der Waals surface area contributed by atoms with Crippen LogP contribution in [0.1, 0.15) is 38.2 Å². The maximum Gasteiger partial charge on any atom is 0.224 e. The predicted molar refractivity (Wildman–Crippen MR) is 71.2 cm³/mol. The van der Waals surface area contributed by atoms with Crippen LogP contribution in [0.15, 0.2) is 30.3 Å². The minimum atomic E-state index is -0.324. The highest BCUT2D eigenvalue weighted by atomic mass is 16.3. The molecule has 1 saturated carbocycles. The molecule has 1 aromatic carbocycles. The quantitative estimate of drug-likeness (QED) is 0.837. The lowest BCUT2D eigenvalue weighted by Crippen LogP contribution is -2.44. The van der Waals surface area contributed by atoms with E-state index in [0.717, 1.165) is 6.42 Å². The van der Waals surface area contributed by atoms with Gasteiger partial charge in [0.2, 0.25) is 5.91 Å². The van der Waals surface area contributed by atoms with Gasteiger partial charge in [-0.1, -0.05) is 30.3 Å². The molecule has 1 aliphatic carbocycles. The summed E-state index contributed by atoms with van der Waals surface area (Å²) in [5.41, 5.74) is 0.924. The van der Waals surface area contributed by atoms with Crippen molar-refractivity contribution in [3.8, 4) is 0 Å². The second-order valence-corrected chi connectivity index (χ2v) is 5.71. The summed E-state index contributed by atoms with van der Waals surface area (Å²) in [6.45, 7) is 3.99. The van der Waals surface area contributed by atoms with Gasteiger partial charge in [-0.3, -0.25) is 4.79 Å². The molecule has 0 spiro atoms. The van der Waals surface area contributed by atoms with E-state index in [1.165, 1.54) is 5.56 Å². The van der Waals surface area contributed by atoms with Gasteiger partial charge in [-0.15, -0.1) is 0 Å². The molecule has 2 unspecified atom stereocenters. The van der Waals surface area contributed by atoms with Crippen LogP contribution in [-0.4, -0.2) is 23.2 Å². The standard InChI is InChI=1S/C15H21NO2/c1-15(2,8-9-17)16-14(18)13-10-12(13)11-6-4-3-5-7-11/h3-7,12-13,17H,8-10H2,1-2H3,(H,16,18). The lowest BCUT2D eigenvalue weighted by atomic mass is 10.0. The van der Waals surface area contributed by atoms with E-state index < -0.39 is 0 Å². The summed E-state index contributed by atoms with van der Waals surface area (Å²) in [5.74, 6) is 0.587. The van der Waals surface area contributed by atoms with Gasteiger partial charge in [-0.2, -0.15) is 0 Å². The first-order valence-corrected chi connectivity index (χ1v) is 6.51. The normalized spacial score (nSPS) is 22.6. The summed E-state index contributed by atoms with van der Waals surface area (Å²) in [6, 6.07) is 10.2. The maximum absolute atomic E-state index is 12.1. The third-order valence-corrected chi connectivity index (χ3v) is 3.55. The highest BCUT2D eigenvalue weighted by Gasteiger charge is 2.44. The first-order chi connectivity index (χ1) is 8.53. The Morgan fingerprint density at radius 1 is 1.39 bits per heavy atom. The van der Waals surface area contributed by atoms with E-state index in [-0.39, 0.29) is 24.0 Å². The van der Waals surface area contributed by atoms with Gasteiger partial charge in [-0.05, 0) is 38.2 Å². The van der Waals surface area contributed by atoms with Crippen LogP contribution in [0.2, 0.25) is 0 Å². The molecular weight excluding hydrogens is 226 g/mol. The summed E-state index contributed by atoms with van der Waals surface area (Å²) in [7, 11) is 0. The number of amides is 1. The molecule has 2 atom stereocenters. The van der Waals surface area contributed by atoms with Crippen molar-refractivity contribution in [2.45, 2.75) is 38.1 Å². The molecule has 1 fully saturated rings. The number of carbonyl (C=O) groups is 1. The van der Waals surface area contributed by atoms with Gasteiger partial charge in [0, 0.05) is 18.1 Å². The number of hydrogen-bond donors (Lipinski definition) is 2. The zero-order valence-corrected chi connectivity index (χ0v) is 11.0. The van der Waals surface area contributed by atoms with Crippen molar-refractivity contribution in [3.05, 3.63) is 35.9 Å². The number of aliphatic hydroxyl groups excluding tert-OH is 1. The van der Waals surface area contributed by atoms with Crippen LogP contribution in [0.25, 0.3) is 0 Å². The monoisotopic (exact) mass is 247 g/mol. The molecule has 18 heavy (non-hydrogen) atoms. The molecule has 0 radical (unpaired) electrons. The molecule has 1 aliphatic rings. The van der Waals surface area contributed by atoms with Crippen LogP contribution in [0, 0.1) is 5.92 Å². The molecule has 0 bridgehead atoms. The Balaban J connectivity index is 1.90. The molecule has 98 valence electrons. The molecule has 3 nitrogen and oxygen atoms in total. The van der Waals surface area contributed by atoms with Gasteiger partial charge in [0.25, 0.3) is 0 Å². The molecule has 0 aliphatic heterocycles. The predicted octanol–water partition coefficient (Wildman–Crippen LogP) is 2.07. The highest BCUT2D eigenvalue weighted by molar-refractivity contribution is 5.83. The summed E-state index contributed by atoms with van der Waals surface area (Å²) >= 11 is 0. The van der Waals surface area contributed by atoms with Gasteiger partial charge in [-0.25, -0.2) is 0 Å². The summed E-state index contributed by atoms with van der Waals surface area (Å²) in [6.07, 6.45) is 1.52. The number of aliphatic hydroxyl groups is 1. The van der Waals surface area contributed by atoms with Crippen molar-refractivity contribution in [1.29, 1.82) is 0 Å². The fourth-order valence-corrected chi connectivity index (χ4v) is 2.32. The van der Waals surface area contributed by atoms with Crippen LogP contribution >= 0.6 is 0 Å². The topological polar surface area (TPSA) is 49.3 Å². The van der Waals surface area contributed by atoms with Crippen LogP contribution < -0.4 is 5.32 Å². The van der Waals surface area contributed by atoms with Crippen molar-refractivity contribution < 1.29 is 9.90 Å². The number of rotatable bonds is 5. The Hall–Kier alpha value is -1.35. The van der Waals surface area contributed by atoms with E-state index >= 15 is 0 Å². The second kappa shape index (κ2) is 5.11. The molecule has 0 aromatic heterocycles. The van der Waals surface area contributed by atoms with E-state index in [9.17, 15) is 4.79 Å². The number of benzene rings is 1. The van der Waals surface area contributed by atoms with Crippen LogP contribution in [0.5, 0.6) is 0 Å². The minimum Gasteiger partial charge on any atom is -0.396 e. The summed E-state index contributed by atoms with van der Waals surface area (Å²) in [4.78, 5) is 12.1. The molecule has 2 rings (SSSR count). The molecular formula is C15H21NO2. The molecule has 1 aromatic rings. The maximum atomic E-state index is 12.1. The van der Waals surface area contributed by atoms with E-state index in [1.807, 2.05) is 32.0 Å². The number of nitrogens with one attached hydrogen (secondary N) is 1. The zero-order chi connectivity index (χ0) is 13.2. The fraction of sp³-hybridized carbons (Fsp3) is 0.533. The Morgan fingerprint density at radius 3 is 2.67 bits per heavy atom. The minimum absolute atomic E-state index is 0.0973. The van der Waals surface area contributed by atoms with E-state index in [2.05, 4.69) is 17.4 Å². The van der Waals surface area contributed by atoms with Gasteiger partial charge >= 0.3 is 0 Å². The summed E-state index contributed by atoms with van der Waals surface area (Å²) < 4.78 is 0. The van der Waals surface area contributed by atoms with E-state index in [1.54, 1.807) is 0 Å². The lowest BCUT2D eigenvalue weighted by Gasteiger charge is -2.25. The van der Waals surface area contributed by atoms with Crippen molar-refractivity contribution in [1.82, 2.24) is 5.32 Å². The van der Waals surface area contributed by atoms with Gasteiger partial charge in [0.05, 0.1) is 0 Å². The van der Waals surface area contributed by atoms with Crippen LogP contribution in [0.3, 0.4) is 0 Å². The fourth-order valence-electron chi connectivity index (χ4n) is 2.32. The highest BCUT2D eigenvalue weighted by Crippen LogP contribution is 2.47. The molecule has 0 saturated heterocycles. The second-order valence-electron chi connectivity index (χ2n) is 5.71. The van der Waals surface area contributed by atoms with Gasteiger partial charge in [0.15, 0.2) is 0 Å². The Bertz CT molecular complexity index is 414. The number of carbonyl (C=O) groups excluding carboxylic acids is 1.